The van der Waals surface area contributed by atoms with E-state index in [4.69, 9.17) is 15.2 Å². The molecule has 2 atom stereocenters. The molecule has 10 heteroatoms. The Kier molecular flexibility index (Phi) is 7.03. The summed E-state index contributed by atoms with van der Waals surface area (Å²) in [5.41, 5.74) is 7.04. The summed E-state index contributed by atoms with van der Waals surface area (Å²) in [6, 6.07) is 7.09. The molecule has 1 aliphatic heterocycles. The number of pyridine rings is 1. The van der Waals surface area contributed by atoms with E-state index in [-0.39, 0.29) is 29.1 Å². The Hall–Kier alpha value is -2.53. The second kappa shape index (κ2) is 9.52. The minimum Gasteiger partial charge on any atom is -0.495 e. The van der Waals surface area contributed by atoms with Crippen LogP contribution in [0.1, 0.15) is 6.92 Å². The number of benzene rings is 1. The molecule has 1 amide bonds. The van der Waals surface area contributed by atoms with E-state index in [2.05, 4.69) is 9.71 Å². The van der Waals surface area contributed by atoms with Gasteiger partial charge in [0, 0.05) is 36.6 Å². The summed E-state index contributed by atoms with van der Waals surface area (Å²) in [5.74, 6) is -0.208. The van der Waals surface area contributed by atoms with Gasteiger partial charge in [-0.2, -0.15) is 4.72 Å². The van der Waals surface area contributed by atoms with Crippen LogP contribution in [0.2, 0.25) is 0 Å². The van der Waals surface area contributed by atoms with E-state index in [1.165, 1.54) is 13.2 Å². The van der Waals surface area contributed by atoms with Crippen molar-refractivity contribution in [2.24, 2.45) is 5.73 Å². The number of carbonyl (C=O) groups is 1. The Labute approximate surface area is 176 Å². The number of nitrogens with zero attached hydrogens (tertiary/aromatic N) is 2. The molecule has 3 rings (SSSR count). The summed E-state index contributed by atoms with van der Waals surface area (Å²) in [4.78, 5) is 18.5. The van der Waals surface area contributed by atoms with Crippen molar-refractivity contribution in [2.75, 3.05) is 33.4 Å². The zero-order valence-electron chi connectivity index (χ0n) is 16.9. The first kappa shape index (κ1) is 22.2. The van der Waals surface area contributed by atoms with Gasteiger partial charge in [-0.1, -0.05) is 18.2 Å². The number of ether oxygens (including phenoxy) is 2. The van der Waals surface area contributed by atoms with Gasteiger partial charge in [-0.3, -0.25) is 9.78 Å². The van der Waals surface area contributed by atoms with Crippen molar-refractivity contribution in [3.63, 3.8) is 0 Å². The van der Waals surface area contributed by atoms with E-state index < -0.39 is 16.1 Å². The van der Waals surface area contributed by atoms with Crippen molar-refractivity contribution in [3.8, 4) is 16.9 Å². The molecule has 1 aromatic heterocycles. The number of morpholine rings is 1. The molecule has 0 saturated carbocycles. The van der Waals surface area contributed by atoms with E-state index in [1.54, 1.807) is 41.6 Å². The minimum atomic E-state index is -4.10. The number of sulfonamides is 1. The molecular weight excluding hydrogens is 408 g/mol. The van der Waals surface area contributed by atoms with Gasteiger partial charge in [-0.15, -0.1) is 0 Å². The summed E-state index contributed by atoms with van der Waals surface area (Å²) in [6.45, 7) is 2.86. The Morgan fingerprint density at radius 2 is 2.20 bits per heavy atom. The van der Waals surface area contributed by atoms with Crippen molar-refractivity contribution < 1.29 is 22.7 Å². The first-order valence-corrected chi connectivity index (χ1v) is 11.1. The van der Waals surface area contributed by atoms with Crippen LogP contribution < -0.4 is 15.2 Å². The topological polar surface area (TPSA) is 124 Å². The van der Waals surface area contributed by atoms with Crippen LogP contribution in [0.15, 0.2) is 47.6 Å². The number of nitrogens with one attached hydrogen (secondary N) is 1. The average molecular weight is 435 g/mol. The molecule has 30 heavy (non-hydrogen) atoms. The highest BCUT2D eigenvalue weighted by Gasteiger charge is 2.33. The van der Waals surface area contributed by atoms with Crippen molar-refractivity contribution >= 4 is 15.9 Å². The third-order valence-electron chi connectivity index (χ3n) is 4.93. The number of nitrogens with two attached hydrogens (primary N) is 1. The van der Waals surface area contributed by atoms with Gasteiger partial charge < -0.3 is 20.1 Å². The number of hydrogen-bond acceptors (Lipinski definition) is 7. The van der Waals surface area contributed by atoms with E-state index in [0.29, 0.717) is 30.9 Å². The SMILES string of the molecule is COc1c(-c2cccnc2)cccc1S(=O)(=O)N[C@@H](CN)C(=O)N1CCOC[C@@H]1C. The lowest BCUT2D eigenvalue weighted by Gasteiger charge is -2.35. The van der Waals surface area contributed by atoms with Crippen LogP contribution in [0, 0.1) is 0 Å². The second-order valence-corrected chi connectivity index (χ2v) is 8.63. The molecule has 0 unspecified atom stereocenters. The van der Waals surface area contributed by atoms with E-state index >= 15 is 0 Å². The van der Waals surface area contributed by atoms with Crippen LogP contribution >= 0.6 is 0 Å². The number of hydrogen-bond donors (Lipinski definition) is 2. The summed E-state index contributed by atoms with van der Waals surface area (Å²) >= 11 is 0. The average Bonchev–Trinajstić information content (AvgIpc) is 2.77. The molecule has 0 aliphatic carbocycles. The fraction of sp³-hybridized carbons (Fsp3) is 0.400. The first-order valence-electron chi connectivity index (χ1n) is 9.57. The highest BCUT2D eigenvalue weighted by atomic mass is 32.2. The normalized spacial score (nSPS) is 18.1. The maximum absolute atomic E-state index is 13.2. The van der Waals surface area contributed by atoms with Gasteiger partial charge >= 0.3 is 0 Å². The van der Waals surface area contributed by atoms with E-state index in [0.717, 1.165) is 0 Å². The third-order valence-corrected chi connectivity index (χ3v) is 6.42. The summed E-state index contributed by atoms with van der Waals surface area (Å²) in [5, 5.41) is 0. The number of rotatable bonds is 7. The standard InChI is InChI=1S/C20H26N4O5S/c1-14-13-29-10-9-24(14)20(25)17(11-21)23-30(26,27)18-7-3-6-16(19(18)28-2)15-5-4-8-22-12-15/h3-8,12,14,17,23H,9-11,13,21H2,1-2H3/t14-,17-/m0/s1. The quantitative estimate of drug-likeness (QED) is 0.654. The summed E-state index contributed by atoms with van der Waals surface area (Å²) in [7, 11) is -2.70. The zero-order valence-corrected chi connectivity index (χ0v) is 17.8. The Balaban J connectivity index is 1.92. The number of aromatic nitrogens is 1. The molecule has 0 radical (unpaired) electrons. The Morgan fingerprint density at radius 1 is 1.40 bits per heavy atom. The highest BCUT2D eigenvalue weighted by Crippen LogP contribution is 2.35. The maximum Gasteiger partial charge on any atom is 0.245 e. The fourth-order valence-electron chi connectivity index (χ4n) is 3.39. The lowest BCUT2D eigenvalue weighted by molar-refractivity contribution is -0.140. The minimum absolute atomic E-state index is 0.0763. The lowest BCUT2D eigenvalue weighted by atomic mass is 10.1. The predicted octanol–water partition coefficient (Wildman–Crippen LogP) is 0.610. The smallest absolute Gasteiger partial charge is 0.245 e. The van der Waals surface area contributed by atoms with Crippen molar-refractivity contribution in [1.82, 2.24) is 14.6 Å². The summed E-state index contributed by atoms with van der Waals surface area (Å²) in [6.07, 6.45) is 3.25. The van der Waals surface area contributed by atoms with Gasteiger partial charge in [0.1, 0.15) is 16.7 Å². The van der Waals surface area contributed by atoms with Gasteiger partial charge in [-0.25, -0.2) is 8.42 Å². The predicted molar refractivity (Wildman–Crippen MR) is 111 cm³/mol. The second-order valence-electron chi connectivity index (χ2n) is 6.94. The number of para-hydroxylation sites is 1. The van der Waals surface area contributed by atoms with Crippen LogP contribution in [0.4, 0.5) is 0 Å². The van der Waals surface area contributed by atoms with Crippen LogP contribution in [-0.2, 0) is 19.6 Å². The molecular formula is C20H26N4O5S. The molecule has 3 N–H and O–H groups in total. The zero-order chi connectivity index (χ0) is 21.7. The molecule has 9 nitrogen and oxygen atoms in total. The van der Waals surface area contributed by atoms with Crippen molar-refractivity contribution in [2.45, 2.75) is 23.9 Å². The van der Waals surface area contributed by atoms with Gasteiger partial charge in [0.15, 0.2) is 0 Å². The number of methoxy groups -OCH3 is 1. The molecule has 2 aromatic rings. The molecule has 2 heterocycles. The Bertz CT molecular complexity index is 984. The number of amides is 1. The molecule has 1 fully saturated rings. The molecule has 0 spiro atoms. The van der Waals surface area contributed by atoms with Gasteiger partial charge in [0.25, 0.3) is 0 Å². The largest absolute Gasteiger partial charge is 0.495 e. The molecule has 1 aliphatic rings. The maximum atomic E-state index is 13.2. The Morgan fingerprint density at radius 3 is 2.83 bits per heavy atom. The first-order chi connectivity index (χ1) is 14.4. The van der Waals surface area contributed by atoms with Gasteiger partial charge in [0.05, 0.1) is 26.4 Å². The van der Waals surface area contributed by atoms with Crippen molar-refractivity contribution in [1.29, 1.82) is 0 Å². The highest BCUT2D eigenvalue weighted by molar-refractivity contribution is 7.89. The lowest BCUT2D eigenvalue weighted by Crippen LogP contribution is -2.57. The van der Waals surface area contributed by atoms with Crippen LogP contribution in [0.5, 0.6) is 5.75 Å². The molecule has 1 aromatic carbocycles. The van der Waals surface area contributed by atoms with E-state index in [1.807, 2.05) is 6.92 Å². The van der Waals surface area contributed by atoms with Crippen LogP contribution in [0.25, 0.3) is 11.1 Å². The monoisotopic (exact) mass is 434 g/mol. The van der Waals surface area contributed by atoms with Crippen LogP contribution in [-0.4, -0.2) is 69.7 Å². The molecule has 0 bridgehead atoms. The molecule has 1 saturated heterocycles. The third kappa shape index (κ3) is 4.62. The van der Waals surface area contributed by atoms with Crippen molar-refractivity contribution in [3.05, 3.63) is 42.7 Å². The van der Waals surface area contributed by atoms with E-state index in [9.17, 15) is 13.2 Å². The van der Waals surface area contributed by atoms with Crippen LogP contribution in [0.3, 0.4) is 0 Å². The summed E-state index contributed by atoms with van der Waals surface area (Å²) < 4.78 is 39.6. The fourth-order valence-corrected chi connectivity index (χ4v) is 4.79. The number of carbonyl (C=O) groups excluding carboxylic acids is 1. The van der Waals surface area contributed by atoms with Gasteiger partial charge in [-0.05, 0) is 19.1 Å². The molecule has 162 valence electrons. The van der Waals surface area contributed by atoms with Gasteiger partial charge in [0.2, 0.25) is 15.9 Å².